The van der Waals surface area contributed by atoms with Crippen LogP contribution in [0.2, 0.25) is 0 Å². The van der Waals surface area contributed by atoms with Crippen LogP contribution in [0.4, 0.5) is 0 Å². The highest BCUT2D eigenvalue weighted by Gasteiger charge is 2.19. The van der Waals surface area contributed by atoms with Gasteiger partial charge in [0.2, 0.25) is 0 Å². The Bertz CT molecular complexity index is 1080. The van der Waals surface area contributed by atoms with Crippen LogP contribution in [0.5, 0.6) is 0 Å². The number of carbonyl (C=O) groups is 2. The first-order chi connectivity index (χ1) is 14.8. The Balaban J connectivity index is 2.13. The number of nitrogens with one attached hydrogen (secondary N) is 2. The fourth-order valence-electron chi connectivity index (χ4n) is 3.13. The first kappa shape index (κ1) is 24.5. The Hall–Kier alpha value is -2.75. The van der Waals surface area contributed by atoms with Gasteiger partial charge in [0, 0.05) is 11.9 Å². The fraction of sp³-hybridized carbons (Fsp3) is 0.524. The van der Waals surface area contributed by atoms with E-state index < -0.39 is 27.4 Å². The molecule has 0 bridgehead atoms. The van der Waals surface area contributed by atoms with Crippen LogP contribution in [0.25, 0.3) is 10.8 Å². The van der Waals surface area contributed by atoms with Gasteiger partial charge in [-0.25, -0.2) is 13.1 Å². The number of hydrogen-bond acceptors (Lipinski definition) is 6. The van der Waals surface area contributed by atoms with Gasteiger partial charge in [0.1, 0.15) is 5.75 Å². The van der Waals surface area contributed by atoms with Crippen molar-refractivity contribution in [2.75, 3.05) is 11.5 Å². The highest BCUT2D eigenvalue weighted by atomic mass is 32.2. The van der Waals surface area contributed by atoms with Gasteiger partial charge in [0.25, 0.3) is 17.4 Å². The third-order valence-corrected chi connectivity index (χ3v) is 6.39. The monoisotopic (exact) mass is 450 g/mol. The van der Waals surface area contributed by atoms with Crippen molar-refractivity contribution in [1.29, 1.82) is 0 Å². The largest absolute Gasteiger partial charge is 0.290 e. The average Bonchev–Trinajstić information content (AvgIpc) is 2.73. The van der Waals surface area contributed by atoms with Crippen LogP contribution in [-0.4, -0.2) is 41.5 Å². The molecule has 170 valence electrons. The Morgan fingerprint density at radius 1 is 0.968 bits per heavy atom. The van der Waals surface area contributed by atoms with Gasteiger partial charge in [-0.05, 0) is 18.9 Å². The third kappa shape index (κ3) is 7.16. The number of benzene rings is 1. The van der Waals surface area contributed by atoms with E-state index >= 15 is 0 Å². The van der Waals surface area contributed by atoms with Crippen LogP contribution >= 0.6 is 0 Å². The van der Waals surface area contributed by atoms with Crippen molar-refractivity contribution in [2.45, 2.75) is 58.9 Å². The highest BCUT2D eigenvalue weighted by Crippen LogP contribution is 2.13. The van der Waals surface area contributed by atoms with Gasteiger partial charge in [0.05, 0.1) is 11.1 Å². The SMILES string of the molecule is CCCCCn1nc(C(=O)NNC(=O)CS(=O)(=O)CCCCC)c2ccccc2c1=O. The number of fused-ring (bicyclic) bond motifs is 1. The van der Waals surface area contributed by atoms with E-state index in [1.807, 2.05) is 13.8 Å². The molecule has 0 aliphatic carbocycles. The number of hydrogen-bond donors (Lipinski definition) is 2. The summed E-state index contributed by atoms with van der Waals surface area (Å²) in [6.45, 7) is 4.38. The molecule has 31 heavy (non-hydrogen) atoms. The van der Waals surface area contributed by atoms with Crippen molar-refractivity contribution in [3.05, 3.63) is 40.3 Å². The topological polar surface area (TPSA) is 127 Å². The number of amides is 2. The molecule has 1 heterocycles. The molecule has 0 saturated carbocycles. The van der Waals surface area contributed by atoms with Crippen molar-refractivity contribution in [3.8, 4) is 0 Å². The van der Waals surface area contributed by atoms with E-state index in [4.69, 9.17) is 0 Å². The number of nitrogens with zero attached hydrogens (tertiary/aromatic N) is 2. The summed E-state index contributed by atoms with van der Waals surface area (Å²) in [5, 5.41) is 4.91. The Morgan fingerprint density at radius 2 is 1.61 bits per heavy atom. The zero-order chi connectivity index (χ0) is 22.9. The summed E-state index contributed by atoms with van der Waals surface area (Å²) >= 11 is 0. The first-order valence-corrected chi connectivity index (χ1v) is 12.4. The van der Waals surface area contributed by atoms with Gasteiger partial charge in [0.15, 0.2) is 15.5 Å². The minimum absolute atomic E-state index is 0.0159. The van der Waals surface area contributed by atoms with Crippen molar-refractivity contribution < 1.29 is 18.0 Å². The van der Waals surface area contributed by atoms with E-state index in [1.165, 1.54) is 4.68 Å². The van der Waals surface area contributed by atoms with Crippen LogP contribution in [0.1, 0.15) is 62.9 Å². The molecular formula is C21H30N4O5S. The molecule has 2 N–H and O–H groups in total. The fourth-order valence-corrected chi connectivity index (χ4v) is 4.39. The summed E-state index contributed by atoms with van der Waals surface area (Å²) in [5.41, 5.74) is 4.04. The zero-order valence-corrected chi connectivity index (χ0v) is 18.8. The molecule has 0 aliphatic rings. The number of rotatable bonds is 11. The van der Waals surface area contributed by atoms with Gasteiger partial charge in [-0.2, -0.15) is 5.10 Å². The molecule has 0 fully saturated rings. The van der Waals surface area contributed by atoms with E-state index in [-0.39, 0.29) is 17.0 Å². The molecule has 1 aromatic heterocycles. The number of carbonyl (C=O) groups excluding carboxylic acids is 2. The minimum Gasteiger partial charge on any atom is -0.272 e. The highest BCUT2D eigenvalue weighted by molar-refractivity contribution is 7.92. The summed E-state index contributed by atoms with van der Waals surface area (Å²) in [5.74, 6) is -2.33. The minimum atomic E-state index is -3.55. The van der Waals surface area contributed by atoms with Crippen LogP contribution in [0.15, 0.2) is 29.1 Å². The Morgan fingerprint density at radius 3 is 2.29 bits per heavy atom. The van der Waals surface area contributed by atoms with Crippen molar-refractivity contribution >= 4 is 32.4 Å². The predicted octanol–water partition coefficient (Wildman–Crippen LogP) is 1.95. The second-order valence-corrected chi connectivity index (χ2v) is 9.62. The van der Waals surface area contributed by atoms with Crippen molar-refractivity contribution in [2.24, 2.45) is 0 Å². The number of unbranched alkanes of at least 4 members (excludes halogenated alkanes) is 4. The summed E-state index contributed by atoms with van der Waals surface area (Å²) < 4.78 is 25.2. The Labute approximate surface area is 182 Å². The van der Waals surface area contributed by atoms with Crippen LogP contribution in [0, 0.1) is 0 Å². The van der Waals surface area contributed by atoms with Gasteiger partial charge in [-0.3, -0.25) is 25.2 Å². The number of hydrazine groups is 1. The standard InChI is InChI=1S/C21H30N4O5S/c1-3-5-9-13-25-21(28)17-12-8-7-11-16(17)19(24-25)20(27)23-22-18(26)15-31(29,30)14-10-6-4-2/h7-8,11-12H,3-6,9-10,13-15H2,1-2H3,(H,22,26)(H,23,27). The normalized spacial score (nSPS) is 11.4. The number of sulfone groups is 1. The van der Waals surface area contributed by atoms with Gasteiger partial charge in [-0.1, -0.05) is 57.7 Å². The van der Waals surface area contributed by atoms with E-state index in [0.29, 0.717) is 23.7 Å². The second-order valence-electron chi connectivity index (χ2n) is 7.43. The summed E-state index contributed by atoms with van der Waals surface area (Å²) in [6, 6.07) is 6.61. The van der Waals surface area contributed by atoms with E-state index in [2.05, 4.69) is 16.0 Å². The maximum absolute atomic E-state index is 12.7. The van der Waals surface area contributed by atoms with Gasteiger partial charge >= 0.3 is 0 Å². The molecule has 0 saturated heterocycles. The maximum Gasteiger partial charge on any atom is 0.290 e. The van der Waals surface area contributed by atoms with Crippen LogP contribution in [-0.2, 0) is 21.2 Å². The zero-order valence-electron chi connectivity index (χ0n) is 18.0. The lowest BCUT2D eigenvalue weighted by atomic mass is 10.1. The van der Waals surface area contributed by atoms with Gasteiger partial charge < -0.3 is 0 Å². The van der Waals surface area contributed by atoms with Crippen molar-refractivity contribution in [3.63, 3.8) is 0 Å². The van der Waals surface area contributed by atoms with E-state index in [1.54, 1.807) is 24.3 Å². The van der Waals surface area contributed by atoms with Crippen LogP contribution in [0.3, 0.4) is 0 Å². The quantitative estimate of drug-likeness (QED) is 0.398. The molecule has 2 rings (SSSR count). The van der Waals surface area contributed by atoms with Gasteiger partial charge in [-0.15, -0.1) is 0 Å². The summed E-state index contributed by atoms with van der Waals surface area (Å²) in [6.07, 6.45) is 4.78. The molecule has 2 aromatic rings. The molecular weight excluding hydrogens is 420 g/mol. The molecule has 9 nitrogen and oxygen atoms in total. The van der Waals surface area contributed by atoms with Crippen LogP contribution < -0.4 is 16.4 Å². The molecule has 0 spiro atoms. The van der Waals surface area contributed by atoms with Crippen molar-refractivity contribution in [1.82, 2.24) is 20.6 Å². The Kier molecular flexibility index (Phi) is 9.17. The average molecular weight is 451 g/mol. The third-order valence-electron chi connectivity index (χ3n) is 4.78. The molecule has 1 aromatic carbocycles. The first-order valence-electron chi connectivity index (χ1n) is 10.6. The van der Waals surface area contributed by atoms with E-state index in [9.17, 15) is 22.8 Å². The number of aryl methyl sites for hydroxylation is 1. The lowest BCUT2D eigenvalue weighted by Gasteiger charge is -2.12. The lowest BCUT2D eigenvalue weighted by molar-refractivity contribution is -0.119. The molecule has 0 atom stereocenters. The molecule has 0 radical (unpaired) electrons. The lowest BCUT2D eigenvalue weighted by Crippen LogP contribution is -2.45. The summed E-state index contributed by atoms with van der Waals surface area (Å²) in [4.78, 5) is 37.3. The predicted molar refractivity (Wildman–Crippen MR) is 119 cm³/mol. The molecule has 0 unspecified atom stereocenters. The smallest absolute Gasteiger partial charge is 0.272 e. The molecule has 0 aliphatic heterocycles. The molecule has 2 amide bonds. The van der Waals surface area contributed by atoms with E-state index in [0.717, 1.165) is 32.1 Å². The summed E-state index contributed by atoms with van der Waals surface area (Å²) in [7, 11) is -3.55. The second kappa shape index (κ2) is 11.6. The molecule has 10 heteroatoms. The maximum atomic E-state index is 12.7. The number of aromatic nitrogens is 2.